The molecule has 33 heavy (non-hydrogen) atoms. The fourth-order valence-corrected chi connectivity index (χ4v) is 3.88. The molecular formula is C26H23N6O+. The zero-order chi connectivity index (χ0) is 22.8. The van der Waals surface area contributed by atoms with Gasteiger partial charge in [-0.25, -0.2) is 4.98 Å². The highest BCUT2D eigenvalue weighted by atomic mass is 16.1. The van der Waals surface area contributed by atoms with Crippen LogP contribution in [0.3, 0.4) is 0 Å². The maximum atomic E-state index is 12.8. The number of nitrogens with one attached hydrogen (secondary N) is 1. The Morgan fingerprint density at radius 1 is 0.939 bits per heavy atom. The third-order valence-electron chi connectivity index (χ3n) is 5.72. The predicted octanol–water partition coefficient (Wildman–Crippen LogP) is 5.07. The highest BCUT2D eigenvalue weighted by molar-refractivity contribution is 6.10. The van der Waals surface area contributed by atoms with Crippen LogP contribution in [0.1, 0.15) is 34.5 Å². The highest BCUT2D eigenvalue weighted by Gasteiger charge is 2.38. The van der Waals surface area contributed by atoms with E-state index < -0.39 is 0 Å². The van der Waals surface area contributed by atoms with Crippen LogP contribution in [-0.2, 0) is 0 Å². The maximum absolute atomic E-state index is 12.8. The molecule has 1 aliphatic heterocycles. The summed E-state index contributed by atoms with van der Waals surface area (Å²) in [5, 5.41) is 3.33. The molecule has 2 heterocycles. The van der Waals surface area contributed by atoms with Crippen LogP contribution in [0, 0.1) is 0 Å². The van der Waals surface area contributed by atoms with E-state index >= 15 is 0 Å². The van der Waals surface area contributed by atoms with Crippen molar-refractivity contribution in [2.24, 2.45) is 10.8 Å². The van der Waals surface area contributed by atoms with Gasteiger partial charge in [-0.15, -0.1) is 4.59 Å². The van der Waals surface area contributed by atoms with Crippen LogP contribution in [0.5, 0.6) is 0 Å². The van der Waals surface area contributed by atoms with Crippen LogP contribution in [-0.4, -0.2) is 22.1 Å². The Morgan fingerprint density at radius 2 is 1.67 bits per heavy atom. The van der Waals surface area contributed by atoms with Crippen molar-refractivity contribution in [2.45, 2.75) is 13.0 Å². The van der Waals surface area contributed by atoms with Crippen LogP contribution >= 0.6 is 0 Å². The van der Waals surface area contributed by atoms with Crippen LogP contribution in [0.25, 0.3) is 0 Å². The smallest absolute Gasteiger partial charge is 0.263 e. The molecule has 0 fully saturated rings. The van der Waals surface area contributed by atoms with Crippen LogP contribution in [0.15, 0.2) is 96.1 Å². The van der Waals surface area contributed by atoms with Crippen molar-refractivity contribution in [2.75, 3.05) is 5.32 Å². The third-order valence-corrected chi connectivity index (χ3v) is 5.72. The zero-order valence-corrected chi connectivity index (χ0v) is 18.1. The molecule has 5 rings (SSSR count). The summed E-state index contributed by atoms with van der Waals surface area (Å²) in [6, 6.07) is 26.4. The van der Waals surface area contributed by atoms with Crippen LogP contribution in [0.4, 0.5) is 23.1 Å². The Hall–Kier alpha value is -4.20. The molecule has 7 heteroatoms. The number of benzene rings is 3. The van der Waals surface area contributed by atoms with E-state index in [9.17, 15) is 4.79 Å². The molecule has 0 aliphatic carbocycles. The number of aliphatic imine (C=N–C) groups is 1. The normalized spacial score (nSPS) is 17.4. The molecule has 7 nitrogen and oxygen atoms in total. The molecule has 1 aromatic heterocycles. The number of quaternary nitrogens is 1. The molecule has 3 aromatic carbocycles. The van der Waals surface area contributed by atoms with E-state index in [4.69, 9.17) is 5.84 Å². The predicted molar refractivity (Wildman–Crippen MR) is 131 cm³/mol. The molecule has 2 unspecified atom stereocenters. The fraction of sp³-hybridized carbons (Fsp3) is 0.0769. The van der Waals surface area contributed by atoms with E-state index in [1.165, 1.54) is 0 Å². The second kappa shape index (κ2) is 8.38. The number of fused-ring (bicyclic) bond motifs is 1. The van der Waals surface area contributed by atoms with Gasteiger partial charge in [0, 0.05) is 29.5 Å². The average molecular weight is 436 g/mol. The van der Waals surface area contributed by atoms with Gasteiger partial charge in [-0.3, -0.25) is 4.79 Å². The van der Waals surface area contributed by atoms with E-state index in [1.54, 1.807) is 42.9 Å². The van der Waals surface area contributed by atoms with Crippen molar-refractivity contribution in [3.63, 3.8) is 0 Å². The van der Waals surface area contributed by atoms with E-state index in [0.717, 1.165) is 11.3 Å². The van der Waals surface area contributed by atoms with Crippen molar-refractivity contribution in [3.05, 3.63) is 108 Å². The third kappa shape index (κ3) is 3.91. The second-order valence-electron chi connectivity index (χ2n) is 7.94. The Morgan fingerprint density at radius 3 is 2.42 bits per heavy atom. The first-order valence-electron chi connectivity index (χ1n) is 10.7. The molecule has 4 aromatic rings. The van der Waals surface area contributed by atoms with Crippen molar-refractivity contribution < 1.29 is 4.79 Å². The first kappa shape index (κ1) is 20.7. The van der Waals surface area contributed by atoms with Gasteiger partial charge in [0.15, 0.2) is 11.5 Å². The lowest BCUT2D eigenvalue weighted by atomic mass is 10.0. The topological polar surface area (TPSA) is 93.3 Å². The van der Waals surface area contributed by atoms with Gasteiger partial charge < -0.3 is 5.32 Å². The largest absolute Gasteiger partial charge is 0.348 e. The van der Waals surface area contributed by atoms with Gasteiger partial charge in [0.2, 0.25) is 12.3 Å². The van der Waals surface area contributed by atoms with E-state index in [1.807, 2.05) is 42.5 Å². The van der Waals surface area contributed by atoms with E-state index in [0.29, 0.717) is 28.6 Å². The summed E-state index contributed by atoms with van der Waals surface area (Å²) < 4.78 is -0.202. The first-order chi connectivity index (χ1) is 16.0. The SMILES string of the molecule is CC(Nc1nccc([N+]2(N)C=Nc3cc(C(=O)c4ccccc4)ccc32)n1)c1ccccc1. The van der Waals surface area contributed by atoms with Crippen molar-refractivity contribution in [3.8, 4) is 0 Å². The van der Waals surface area contributed by atoms with Crippen molar-refractivity contribution in [1.82, 2.24) is 14.6 Å². The molecule has 1 aliphatic rings. The minimum Gasteiger partial charge on any atom is -0.348 e. The molecule has 0 spiro atoms. The summed E-state index contributed by atoms with van der Waals surface area (Å²) in [7, 11) is 0. The Labute approximate surface area is 191 Å². The Balaban J connectivity index is 1.42. The molecule has 162 valence electrons. The lowest BCUT2D eigenvalue weighted by molar-refractivity contribution is 0.103. The Bertz CT molecular complexity index is 1340. The van der Waals surface area contributed by atoms with Gasteiger partial charge >= 0.3 is 0 Å². The van der Waals surface area contributed by atoms with Crippen LogP contribution in [0.2, 0.25) is 0 Å². The first-order valence-corrected chi connectivity index (χ1v) is 10.7. The molecule has 0 bridgehead atoms. The minimum absolute atomic E-state index is 0.0266. The summed E-state index contributed by atoms with van der Waals surface area (Å²) in [5.74, 6) is 7.71. The van der Waals surface area contributed by atoms with E-state index in [-0.39, 0.29) is 16.4 Å². The van der Waals surface area contributed by atoms with Gasteiger partial charge in [-0.05, 0) is 24.6 Å². The minimum atomic E-state index is -0.202. The molecule has 0 saturated heterocycles. The quantitative estimate of drug-likeness (QED) is 0.251. The van der Waals surface area contributed by atoms with Gasteiger partial charge in [-0.1, -0.05) is 60.7 Å². The van der Waals surface area contributed by atoms with Crippen molar-refractivity contribution >= 4 is 35.3 Å². The molecule has 3 N–H and O–H groups in total. The number of rotatable bonds is 6. The number of hydrogen-bond donors (Lipinski definition) is 2. The summed E-state index contributed by atoms with van der Waals surface area (Å²) in [6.07, 6.45) is 3.29. The summed E-state index contributed by atoms with van der Waals surface area (Å²) in [6.45, 7) is 2.05. The van der Waals surface area contributed by atoms with Gasteiger partial charge in [0.25, 0.3) is 5.82 Å². The fourth-order valence-electron chi connectivity index (χ4n) is 3.88. The molecule has 0 radical (unpaired) electrons. The van der Waals surface area contributed by atoms with Gasteiger partial charge in [-0.2, -0.15) is 15.8 Å². The number of ketones is 1. The van der Waals surface area contributed by atoms with E-state index in [2.05, 4.69) is 39.3 Å². The average Bonchev–Trinajstić information content (AvgIpc) is 3.22. The highest BCUT2D eigenvalue weighted by Crippen LogP contribution is 2.41. The summed E-state index contributed by atoms with van der Waals surface area (Å²) >= 11 is 0. The number of nitrogens with zero attached hydrogens (tertiary/aromatic N) is 4. The Kier molecular flexibility index (Phi) is 5.26. The molecule has 0 saturated carbocycles. The summed E-state index contributed by atoms with van der Waals surface area (Å²) in [5.41, 5.74) is 3.71. The molecular weight excluding hydrogens is 412 g/mol. The molecule has 2 atom stereocenters. The van der Waals surface area contributed by atoms with Gasteiger partial charge in [0.1, 0.15) is 5.69 Å². The number of aromatic nitrogens is 2. The number of carbonyl (C=O) groups is 1. The number of hydrogen-bond acceptors (Lipinski definition) is 6. The maximum Gasteiger partial charge on any atom is 0.263 e. The lowest BCUT2D eigenvalue weighted by Gasteiger charge is -2.23. The molecule has 0 amide bonds. The number of nitrogens with two attached hydrogens (primary N) is 1. The number of carbonyl (C=O) groups excluding carboxylic acids is 1. The summed E-state index contributed by atoms with van der Waals surface area (Å²) in [4.78, 5) is 26.3. The standard InChI is InChI=1S/C26H23N6O/c1-18(19-8-4-2-5-9-19)30-26-28-15-14-24(31-26)32(27)17-29-22-16-21(12-13-23(22)32)25(33)20-10-6-3-7-11-20/h2-18H,27H2,1H3,(H,28,30,31)/q+1. The number of anilines is 1. The van der Waals surface area contributed by atoms with Crippen molar-refractivity contribution in [1.29, 1.82) is 0 Å². The monoisotopic (exact) mass is 435 g/mol. The lowest BCUT2D eigenvalue weighted by Crippen LogP contribution is -2.49. The van der Waals surface area contributed by atoms with Crippen LogP contribution < -0.4 is 15.8 Å². The zero-order valence-electron chi connectivity index (χ0n) is 18.1. The van der Waals surface area contributed by atoms with Gasteiger partial charge in [0.05, 0.1) is 6.04 Å². The second-order valence-corrected chi connectivity index (χ2v) is 7.94.